The monoisotopic (exact) mass is 363 g/mol. The Morgan fingerprint density at radius 1 is 1.11 bits per heavy atom. The number of imidazole rings is 1. The zero-order chi connectivity index (χ0) is 19.2. The standard InChI is InChI=1S/C20H21N5O2/c1-3-19(26)24-16-9-10-18(21-11-16)25-12-17(22-13-25)20(27)23-14(2)15-7-5-4-6-8-15/h4-14H,3H2,1-2H3,(H,23,27)(H,24,26). The number of hydrogen-bond donors (Lipinski definition) is 2. The number of benzene rings is 1. The molecule has 7 nitrogen and oxygen atoms in total. The van der Waals surface area contributed by atoms with Crippen LogP contribution >= 0.6 is 0 Å². The van der Waals surface area contributed by atoms with E-state index in [9.17, 15) is 9.59 Å². The van der Waals surface area contributed by atoms with E-state index in [1.165, 1.54) is 6.33 Å². The van der Waals surface area contributed by atoms with E-state index in [0.29, 0.717) is 23.6 Å². The molecule has 0 aliphatic rings. The van der Waals surface area contributed by atoms with E-state index in [1.807, 2.05) is 37.3 Å². The minimum Gasteiger partial charge on any atom is -0.344 e. The summed E-state index contributed by atoms with van der Waals surface area (Å²) in [5.74, 6) is 0.280. The third kappa shape index (κ3) is 4.58. The fourth-order valence-electron chi connectivity index (χ4n) is 2.52. The topological polar surface area (TPSA) is 88.9 Å². The van der Waals surface area contributed by atoms with E-state index < -0.39 is 0 Å². The van der Waals surface area contributed by atoms with Crippen molar-refractivity contribution in [1.29, 1.82) is 0 Å². The van der Waals surface area contributed by atoms with Crippen molar-refractivity contribution >= 4 is 17.5 Å². The maximum Gasteiger partial charge on any atom is 0.271 e. The number of nitrogens with zero attached hydrogens (tertiary/aromatic N) is 3. The smallest absolute Gasteiger partial charge is 0.271 e. The summed E-state index contributed by atoms with van der Waals surface area (Å²) in [5, 5.41) is 5.67. The van der Waals surface area contributed by atoms with E-state index in [0.717, 1.165) is 5.56 Å². The molecule has 3 rings (SSSR count). The molecule has 1 unspecified atom stereocenters. The molecule has 2 heterocycles. The summed E-state index contributed by atoms with van der Waals surface area (Å²) in [6, 6.07) is 13.1. The van der Waals surface area contributed by atoms with Gasteiger partial charge in [-0.15, -0.1) is 0 Å². The average Bonchev–Trinajstić information content (AvgIpc) is 3.19. The first-order valence-electron chi connectivity index (χ1n) is 8.73. The summed E-state index contributed by atoms with van der Waals surface area (Å²) >= 11 is 0. The van der Waals surface area contributed by atoms with Crippen molar-refractivity contribution in [3.63, 3.8) is 0 Å². The van der Waals surface area contributed by atoms with Crippen LogP contribution in [0.3, 0.4) is 0 Å². The summed E-state index contributed by atoms with van der Waals surface area (Å²) in [6.07, 6.45) is 5.14. The molecule has 0 spiro atoms. The van der Waals surface area contributed by atoms with Gasteiger partial charge in [-0.1, -0.05) is 37.3 Å². The van der Waals surface area contributed by atoms with Crippen molar-refractivity contribution < 1.29 is 9.59 Å². The molecule has 1 atom stereocenters. The van der Waals surface area contributed by atoms with Crippen molar-refractivity contribution in [2.75, 3.05) is 5.32 Å². The minimum atomic E-state index is -0.253. The SMILES string of the molecule is CCC(=O)Nc1ccc(-n2cnc(C(=O)NC(C)c3ccccc3)c2)nc1. The first-order valence-corrected chi connectivity index (χ1v) is 8.73. The number of aromatic nitrogens is 3. The summed E-state index contributed by atoms with van der Waals surface area (Å²) in [7, 11) is 0. The van der Waals surface area contributed by atoms with Crippen LogP contribution in [0.15, 0.2) is 61.2 Å². The number of carbonyl (C=O) groups is 2. The average molecular weight is 363 g/mol. The number of amides is 2. The van der Waals surface area contributed by atoms with E-state index in [4.69, 9.17) is 0 Å². The molecule has 0 aliphatic carbocycles. The number of anilines is 1. The highest BCUT2D eigenvalue weighted by molar-refractivity contribution is 5.92. The summed E-state index contributed by atoms with van der Waals surface area (Å²) in [5.41, 5.74) is 1.96. The lowest BCUT2D eigenvalue weighted by Crippen LogP contribution is -2.26. The van der Waals surface area contributed by atoms with Crippen LogP contribution in [0.1, 0.15) is 42.4 Å². The molecule has 7 heteroatoms. The van der Waals surface area contributed by atoms with Gasteiger partial charge in [0.05, 0.1) is 17.9 Å². The van der Waals surface area contributed by atoms with E-state index in [2.05, 4.69) is 20.6 Å². The van der Waals surface area contributed by atoms with Gasteiger partial charge in [0.1, 0.15) is 17.8 Å². The second kappa shape index (κ2) is 8.27. The van der Waals surface area contributed by atoms with Crippen molar-refractivity contribution in [2.45, 2.75) is 26.3 Å². The van der Waals surface area contributed by atoms with E-state index in [1.54, 1.807) is 36.0 Å². The lowest BCUT2D eigenvalue weighted by molar-refractivity contribution is -0.115. The first-order chi connectivity index (χ1) is 13.1. The van der Waals surface area contributed by atoms with E-state index >= 15 is 0 Å². The van der Waals surface area contributed by atoms with Crippen LogP contribution in [-0.4, -0.2) is 26.3 Å². The lowest BCUT2D eigenvalue weighted by Gasteiger charge is -2.13. The van der Waals surface area contributed by atoms with Crippen LogP contribution < -0.4 is 10.6 Å². The van der Waals surface area contributed by atoms with Gasteiger partial charge in [0.2, 0.25) is 5.91 Å². The molecule has 138 valence electrons. The Morgan fingerprint density at radius 3 is 2.56 bits per heavy atom. The third-order valence-electron chi connectivity index (χ3n) is 4.08. The number of pyridine rings is 1. The Morgan fingerprint density at radius 2 is 1.89 bits per heavy atom. The van der Waals surface area contributed by atoms with Gasteiger partial charge in [-0.2, -0.15) is 0 Å². The number of rotatable bonds is 6. The zero-order valence-electron chi connectivity index (χ0n) is 15.2. The predicted molar refractivity (Wildman–Crippen MR) is 103 cm³/mol. The van der Waals surface area contributed by atoms with Gasteiger partial charge in [0, 0.05) is 12.6 Å². The molecule has 0 saturated carbocycles. The van der Waals surface area contributed by atoms with Gasteiger partial charge < -0.3 is 10.6 Å². The molecule has 3 aromatic rings. The highest BCUT2D eigenvalue weighted by Gasteiger charge is 2.14. The van der Waals surface area contributed by atoms with Gasteiger partial charge >= 0.3 is 0 Å². The molecule has 0 aliphatic heterocycles. The molecule has 2 aromatic heterocycles. The number of carbonyl (C=O) groups excluding carboxylic acids is 2. The van der Waals surface area contributed by atoms with Crippen LogP contribution in [0.5, 0.6) is 0 Å². The van der Waals surface area contributed by atoms with Gasteiger partial charge in [0.25, 0.3) is 5.91 Å². The van der Waals surface area contributed by atoms with Crippen LogP contribution in [-0.2, 0) is 4.79 Å². The fraction of sp³-hybridized carbons (Fsp3) is 0.200. The Balaban J connectivity index is 1.67. The third-order valence-corrected chi connectivity index (χ3v) is 4.08. The first kappa shape index (κ1) is 18.3. The maximum absolute atomic E-state index is 12.4. The van der Waals surface area contributed by atoms with Crippen LogP contribution in [0.2, 0.25) is 0 Å². The highest BCUT2D eigenvalue weighted by Crippen LogP contribution is 2.14. The van der Waals surface area contributed by atoms with Crippen molar-refractivity contribution in [3.8, 4) is 5.82 Å². The molecule has 0 bridgehead atoms. The lowest BCUT2D eigenvalue weighted by atomic mass is 10.1. The molecule has 2 N–H and O–H groups in total. The predicted octanol–water partition coefficient (Wildman–Crippen LogP) is 3.11. The molecule has 1 aromatic carbocycles. The Hall–Kier alpha value is -3.48. The second-order valence-electron chi connectivity index (χ2n) is 6.08. The Labute approximate surface area is 157 Å². The highest BCUT2D eigenvalue weighted by atomic mass is 16.2. The minimum absolute atomic E-state index is 0.0707. The summed E-state index contributed by atoms with van der Waals surface area (Å²) in [4.78, 5) is 32.3. The van der Waals surface area contributed by atoms with Crippen molar-refractivity contribution in [2.24, 2.45) is 0 Å². The van der Waals surface area contributed by atoms with Gasteiger partial charge in [-0.25, -0.2) is 9.97 Å². The maximum atomic E-state index is 12.4. The van der Waals surface area contributed by atoms with Crippen molar-refractivity contribution in [1.82, 2.24) is 19.9 Å². The molecular formula is C20H21N5O2. The Kier molecular flexibility index (Phi) is 5.61. The normalized spacial score (nSPS) is 11.6. The Bertz CT molecular complexity index is 919. The molecular weight excluding hydrogens is 342 g/mol. The number of nitrogens with one attached hydrogen (secondary N) is 2. The zero-order valence-corrected chi connectivity index (χ0v) is 15.2. The second-order valence-corrected chi connectivity index (χ2v) is 6.08. The molecule has 0 saturated heterocycles. The number of hydrogen-bond acceptors (Lipinski definition) is 4. The summed E-state index contributed by atoms with van der Waals surface area (Å²) < 4.78 is 1.66. The van der Waals surface area contributed by atoms with Crippen LogP contribution in [0, 0.1) is 0 Å². The molecule has 2 amide bonds. The van der Waals surface area contributed by atoms with Gasteiger partial charge in [-0.3, -0.25) is 14.2 Å². The fourth-order valence-corrected chi connectivity index (χ4v) is 2.52. The molecule has 0 fully saturated rings. The van der Waals surface area contributed by atoms with E-state index in [-0.39, 0.29) is 17.9 Å². The van der Waals surface area contributed by atoms with Gasteiger partial charge in [0.15, 0.2) is 0 Å². The van der Waals surface area contributed by atoms with Crippen molar-refractivity contribution in [3.05, 3.63) is 72.4 Å². The van der Waals surface area contributed by atoms with Gasteiger partial charge in [-0.05, 0) is 24.6 Å². The van der Waals surface area contributed by atoms with Crippen LogP contribution in [0.25, 0.3) is 5.82 Å². The largest absolute Gasteiger partial charge is 0.344 e. The quantitative estimate of drug-likeness (QED) is 0.704. The molecule has 27 heavy (non-hydrogen) atoms. The summed E-state index contributed by atoms with van der Waals surface area (Å²) in [6.45, 7) is 3.71. The van der Waals surface area contributed by atoms with Crippen LogP contribution in [0.4, 0.5) is 5.69 Å². The molecule has 0 radical (unpaired) electrons.